The zero-order valence-corrected chi connectivity index (χ0v) is 15.8. The first kappa shape index (κ1) is 18.8. The number of ether oxygens (including phenoxy) is 1. The maximum Gasteiger partial charge on any atom is 0.358 e. The molecular weight excluding hydrogens is 371 g/mol. The van der Waals surface area contributed by atoms with Crippen LogP contribution in [0.25, 0.3) is 0 Å². The van der Waals surface area contributed by atoms with Crippen LogP contribution in [0, 0.1) is 0 Å². The summed E-state index contributed by atoms with van der Waals surface area (Å²) in [7, 11) is 0. The van der Waals surface area contributed by atoms with E-state index in [1.54, 1.807) is 0 Å². The van der Waals surface area contributed by atoms with Crippen molar-refractivity contribution in [1.82, 2.24) is 4.98 Å². The summed E-state index contributed by atoms with van der Waals surface area (Å²) < 4.78 is 5.23. The molecule has 0 fully saturated rings. The van der Waals surface area contributed by atoms with Crippen LogP contribution in [0.4, 0.5) is 5.69 Å². The number of rotatable bonds is 3. The summed E-state index contributed by atoms with van der Waals surface area (Å²) in [5, 5.41) is -0.159. The quantitative estimate of drug-likeness (QED) is 0.575. The molecule has 0 aliphatic carbocycles. The number of nitrogens with two attached hydrogens (primary N) is 1. The van der Waals surface area contributed by atoms with Crippen molar-refractivity contribution in [2.45, 2.75) is 32.8 Å². The third-order valence-corrected chi connectivity index (χ3v) is 4.59. The van der Waals surface area contributed by atoms with E-state index in [-0.39, 0.29) is 38.6 Å². The van der Waals surface area contributed by atoms with Crippen LogP contribution >= 0.6 is 34.8 Å². The molecule has 0 spiro atoms. The molecule has 2 N–H and O–H groups in total. The molecular formula is C17H17Cl3N2O2. The molecule has 4 nitrogen and oxygen atoms in total. The summed E-state index contributed by atoms with van der Waals surface area (Å²) in [5.74, 6) is -0.717. The Morgan fingerprint density at radius 3 is 2.25 bits per heavy atom. The second-order valence-corrected chi connectivity index (χ2v) is 7.43. The smallest absolute Gasteiger partial charge is 0.358 e. The lowest BCUT2D eigenvalue weighted by atomic mass is 9.87. The molecule has 2 aromatic rings. The number of carbonyl (C=O) groups is 1. The summed E-state index contributed by atoms with van der Waals surface area (Å²) in [4.78, 5) is 16.0. The topological polar surface area (TPSA) is 65.2 Å². The van der Waals surface area contributed by atoms with E-state index in [2.05, 4.69) is 25.8 Å². The normalized spacial score (nSPS) is 11.4. The van der Waals surface area contributed by atoms with Gasteiger partial charge in [0.25, 0.3) is 0 Å². The number of anilines is 1. The van der Waals surface area contributed by atoms with Crippen LogP contribution < -0.4 is 5.73 Å². The van der Waals surface area contributed by atoms with Gasteiger partial charge in [0.15, 0.2) is 10.8 Å². The number of hydrogen-bond donors (Lipinski definition) is 1. The third-order valence-electron chi connectivity index (χ3n) is 3.46. The summed E-state index contributed by atoms with van der Waals surface area (Å²) in [6.07, 6.45) is 0. The van der Waals surface area contributed by atoms with Gasteiger partial charge in [-0.2, -0.15) is 0 Å². The summed E-state index contributed by atoms with van der Waals surface area (Å²) >= 11 is 17.6. The summed E-state index contributed by atoms with van der Waals surface area (Å²) in [6, 6.07) is 7.83. The predicted octanol–water partition coefficient (Wildman–Crippen LogP) is 5.28. The predicted molar refractivity (Wildman–Crippen MR) is 97.9 cm³/mol. The number of hydrogen-bond acceptors (Lipinski definition) is 4. The Bertz CT molecular complexity index is 769. The van der Waals surface area contributed by atoms with Crippen LogP contribution in [0.3, 0.4) is 0 Å². The first-order valence-corrected chi connectivity index (χ1v) is 8.31. The fourth-order valence-electron chi connectivity index (χ4n) is 1.98. The molecule has 0 aliphatic rings. The fourth-order valence-corrected chi connectivity index (χ4v) is 2.57. The highest BCUT2D eigenvalue weighted by Crippen LogP contribution is 2.34. The molecule has 0 saturated carbocycles. The molecule has 2 rings (SSSR count). The van der Waals surface area contributed by atoms with Gasteiger partial charge in [-0.3, -0.25) is 0 Å². The monoisotopic (exact) mass is 386 g/mol. The molecule has 0 radical (unpaired) electrons. The molecule has 0 atom stereocenters. The fraction of sp³-hybridized carbons (Fsp3) is 0.294. The van der Waals surface area contributed by atoms with Gasteiger partial charge in [0.2, 0.25) is 0 Å². The minimum atomic E-state index is -0.717. The molecule has 0 bridgehead atoms. The maximum absolute atomic E-state index is 12.2. The number of nitrogen functional groups attached to an aromatic ring is 1. The van der Waals surface area contributed by atoms with Gasteiger partial charge >= 0.3 is 5.97 Å². The molecule has 0 unspecified atom stereocenters. The largest absolute Gasteiger partial charge is 0.456 e. The summed E-state index contributed by atoms with van der Waals surface area (Å²) in [5.41, 5.74) is 7.63. The molecule has 7 heteroatoms. The molecule has 1 heterocycles. The Labute approximate surface area is 155 Å². The van der Waals surface area contributed by atoms with E-state index in [9.17, 15) is 4.79 Å². The van der Waals surface area contributed by atoms with Gasteiger partial charge in [-0.1, -0.05) is 79.8 Å². The Balaban J connectivity index is 2.12. The highest BCUT2D eigenvalue weighted by atomic mass is 35.5. The van der Waals surface area contributed by atoms with E-state index in [4.69, 9.17) is 45.3 Å². The van der Waals surface area contributed by atoms with Gasteiger partial charge in [0.1, 0.15) is 11.6 Å². The second kappa shape index (κ2) is 7.18. The van der Waals surface area contributed by atoms with E-state index in [0.717, 1.165) is 5.56 Å². The Morgan fingerprint density at radius 1 is 1.12 bits per heavy atom. The van der Waals surface area contributed by atoms with Crippen LogP contribution in [0.15, 0.2) is 24.3 Å². The van der Waals surface area contributed by atoms with Crippen molar-refractivity contribution >= 4 is 46.5 Å². The first-order chi connectivity index (χ1) is 11.1. The van der Waals surface area contributed by atoms with Gasteiger partial charge in [0, 0.05) is 0 Å². The number of aromatic nitrogens is 1. The highest BCUT2D eigenvalue weighted by Gasteiger charge is 2.21. The van der Waals surface area contributed by atoms with Crippen molar-refractivity contribution in [1.29, 1.82) is 0 Å². The minimum Gasteiger partial charge on any atom is -0.456 e. The van der Waals surface area contributed by atoms with Gasteiger partial charge in [-0.25, -0.2) is 9.78 Å². The van der Waals surface area contributed by atoms with E-state index in [1.165, 1.54) is 5.56 Å². The Hall–Kier alpha value is -1.49. The number of halogens is 3. The van der Waals surface area contributed by atoms with Gasteiger partial charge in [0.05, 0.1) is 10.7 Å². The van der Waals surface area contributed by atoms with Crippen molar-refractivity contribution in [3.63, 3.8) is 0 Å². The molecule has 1 aromatic carbocycles. The summed E-state index contributed by atoms with van der Waals surface area (Å²) in [6.45, 7) is 6.47. The van der Waals surface area contributed by atoms with Crippen molar-refractivity contribution in [2.75, 3.05) is 5.73 Å². The number of nitrogens with zero attached hydrogens (tertiary/aromatic N) is 1. The number of esters is 1. The first-order valence-electron chi connectivity index (χ1n) is 7.17. The number of carbonyl (C=O) groups excluding carboxylic acids is 1. The average Bonchev–Trinajstić information content (AvgIpc) is 2.53. The molecule has 128 valence electrons. The van der Waals surface area contributed by atoms with Crippen molar-refractivity contribution in [3.8, 4) is 0 Å². The molecule has 1 aromatic heterocycles. The zero-order chi connectivity index (χ0) is 18.1. The van der Waals surface area contributed by atoms with E-state index >= 15 is 0 Å². The lowest BCUT2D eigenvalue weighted by Crippen LogP contribution is -2.12. The SMILES string of the molecule is CC(C)(C)c1ccc(COC(=O)c2nc(Cl)c(Cl)c(N)c2Cl)cc1. The minimum absolute atomic E-state index is 0.000173. The van der Waals surface area contributed by atoms with Crippen LogP contribution in [-0.2, 0) is 16.8 Å². The van der Waals surface area contributed by atoms with Gasteiger partial charge in [-0.05, 0) is 16.5 Å². The van der Waals surface area contributed by atoms with Gasteiger partial charge < -0.3 is 10.5 Å². The van der Waals surface area contributed by atoms with E-state index in [1.807, 2.05) is 24.3 Å². The van der Waals surface area contributed by atoms with E-state index in [0.29, 0.717) is 0 Å². The van der Waals surface area contributed by atoms with Gasteiger partial charge in [-0.15, -0.1) is 0 Å². The van der Waals surface area contributed by atoms with Crippen LogP contribution in [0.1, 0.15) is 42.4 Å². The van der Waals surface area contributed by atoms with Crippen molar-refractivity contribution in [2.24, 2.45) is 0 Å². The highest BCUT2D eigenvalue weighted by molar-refractivity contribution is 6.46. The van der Waals surface area contributed by atoms with Crippen LogP contribution in [0.2, 0.25) is 15.2 Å². The Morgan fingerprint density at radius 2 is 1.71 bits per heavy atom. The molecule has 24 heavy (non-hydrogen) atoms. The zero-order valence-electron chi connectivity index (χ0n) is 13.5. The average molecular weight is 388 g/mol. The molecule has 0 aliphatic heterocycles. The third kappa shape index (κ3) is 4.12. The lowest BCUT2D eigenvalue weighted by Gasteiger charge is -2.19. The number of benzene rings is 1. The van der Waals surface area contributed by atoms with Crippen molar-refractivity contribution in [3.05, 3.63) is 56.3 Å². The lowest BCUT2D eigenvalue weighted by molar-refractivity contribution is 0.0466. The molecule has 0 amide bonds. The molecule has 0 saturated heterocycles. The standard InChI is InChI=1S/C17H17Cl3N2O2/c1-17(2,3)10-6-4-9(5-7-10)8-24-16(23)14-11(18)13(21)12(19)15(20)22-14/h4-7H,8H2,1-3H3,(H2,21,22). The Kier molecular flexibility index (Phi) is 5.63. The van der Waals surface area contributed by atoms with Crippen LogP contribution in [0.5, 0.6) is 0 Å². The van der Waals surface area contributed by atoms with Crippen molar-refractivity contribution < 1.29 is 9.53 Å². The second-order valence-electron chi connectivity index (χ2n) is 6.32. The maximum atomic E-state index is 12.2. The van der Waals surface area contributed by atoms with E-state index < -0.39 is 5.97 Å². The number of pyridine rings is 1. The van der Waals surface area contributed by atoms with Crippen LogP contribution in [-0.4, -0.2) is 11.0 Å².